The summed E-state index contributed by atoms with van der Waals surface area (Å²) in [7, 11) is 0. The summed E-state index contributed by atoms with van der Waals surface area (Å²) in [5.74, 6) is -0.974. The highest BCUT2D eigenvalue weighted by molar-refractivity contribution is 6.01. The van der Waals surface area contributed by atoms with Crippen LogP contribution in [0.2, 0.25) is 0 Å². The zero-order valence-corrected chi connectivity index (χ0v) is 10.6. The number of amides is 1. The summed E-state index contributed by atoms with van der Waals surface area (Å²) in [5, 5.41) is 11.6. The van der Waals surface area contributed by atoms with E-state index >= 15 is 0 Å². The number of carboxylic acid groups (broad SMARTS) is 1. The van der Waals surface area contributed by atoms with Crippen LogP contribution in [0.5, 0.6) is 0 Å². The second-order valence-electron chi connectivity index (χ2n) is 4.20. The smallest absolute Gasteiger partial charge is 0.331 e. The normalized spacial score (nSPS) is 16.1. The largest absolute Gasteiger partial charge is 0.478 e. The lowest BCUT2D eigenvalue weighted by molar-refractivity contribution is -0.133. The Morgan fingerprint density at radius 1 is 1.19 bits per heavy atom. The number of nitrogens with one attached hydrogen (secondary N) is 1. The first-order chi connectivity index (χ1) is 7.31. The van der Waals surface area contributed by atoms with E-state index in [1.807, 2.05) is 13.8 Å². The Balaban J connectivity index is 4.60. The molecule has 0 aliphatic heterocycles. The molecule has 92 valence electrons. The van der Waals surface area contributed by atoms with Gasteiger partial charge in [0.15, 0.2) is 0 Å². The number of carboxylic acids is 1. The highest BCUT2D eigenvalue weighted by Crippen LogP contribution is 2.09. The molecule has 16 heavy (non-hydrogen) atoms. The summed E-state index contributed by atoms with van der Waals surface area (Å²) in [4.78, 5) is 22.4. The van der Waals surface area contributed by atoms with Crippen LogP contribution in [0, 0.1) is 5.92 Å². The number of hydrogen-bond acceptors (Lipinski definition) is 2. The standard InChI is InChI=1S/C12H21NO3/c1-6-7(2)10(5)13-11(14)8(3)9(4)12(15)16/h7,10H,6H2,1-5H3,(H,13,14)(H,15,16). The zero-order chi connectivity index (χ0) is 12.9. The minimum Gasteiger partial charge on any atom is -0.478 e. The van der Waals surface area contributed by atoms with E-state index < -0.39 is 5.97 Å². The van der Waals surface area contributed by atoms with E-state index in [0.29, 0.717) is 5.92 Å². The van der Waals surface area contributed by atoms with Crippen LogP contribution >= 0.6 is 0 Å². The Kier molecular flexibility index (Phi) is 5.78. The van der Waals surface area contributed by atoms with Gasteiger partial charge in [0.05, 0.1) is 0 Å². The van der Waals surface area contributed by atoms with E-state index in [4.69, 9.17) is 5.11 Å². The van der Waals surface area contributed by atoms with Crippen molar-refractivity contribution in [1.82, 2.24) is 5.32 Å². The van der Waals surface area contributed by atoms with Crippen LogP contribution in [-0.2, 0) is 9.59 Å². The first-order valence-corrected chi connectivity index (χ1v) is 5.52. The number of carbonyl (C=O) groups is 2. The van der Waals surface area contributed by atoms with Crippen molar-refractivity contribution >= 4 is 11.9 Å². The first kappa shape index (κ1) is 14.7. The molecule has 0 bridgehead atoms. The second-order valence-corrected chi connectivity index (χ2v) is 4.20. The van der Waals surface area contributed by atoms with Gasteiger partial charge in [0.25, 0.3) is 0 Å². The molecule has 2 atom stereocenters. The summed E-state index contributed by atoms with van der Waals surface area (Å²) in [6.07, 6.45) is 0.974. The molecule has 0 saturated carbocycles. The third-order valence-corrected chi connectivity index (χ3v) is 3.08. The van der Waals surface area contributed by atoms with Crippen LogP contribution in [-0.4, -0.2) is 23.0 Å². The lowest BCUT2D eigenvalue weighted by Crippen LogP contribution is -2.37. The van der Waals surface area contributed by atoms with Crippen LogP contribution in [0.25, 0.3) is 0 Å². The van der Waals surface area contributed by atoms with E-state index in [1.165, 1.54) is 13.8 Å². The van der Waals surface area contributed by atoms with E-state index in [1.54, 1.807) is 0 Å². The molecule has 0 heterocycles. The molecule has 0 aromatic carbocycles. The molecular formula is C12H21NO3. The summed E-state index contributed by atoms with van der Waals surface area (Å²) >= 11 is 0. The lowest BCUT2D eigenvalue weighted by Gasteiger charge is -2.20. The fraction of sp³-hybridized carbons (Fsp3) is 0.667. The van der Waals surface area contributed by atoms with Gasteiger partial charge in [-0.25, -0.2) is 4.79 Å². The van der Waals surface area contributed by atoms with E-state index in [-0.39, 0.29) is 23.1 Å². The van der Waals surface area contributed by atoms with Crippen molar-refractivity contribution in [3.8, 4) is 0 Å². The minimum absolute atomic E-state index is 0.0500. The minimum atomic E-state index is -1.05. The fourth-order valence-electron chi connectivity index (χ4n) is 1.14. The van der Waals surface area contributed by atoms with E-state index in [2.05, 4.69) is 12.2 Å². The molecule has 1 amide bonds. The van der Waals surface area contributed by atoms with Crippen LogP contribution in [0.15, 0.2) is 11.1 Å². The van der Waals surface area contributed by atoms with Crippen molar-refractivity contribution in [1.29, 1.82) is 0 Å². The SMILES string of the molecule is CCC(C)C(C)NC(=O)C(C)=C(C)C(=O)O. The highest BCUT2D eigenvalue weighted by atomic mass is 16.4. The summed E-state index contributed by atoms with van der Waals surface area (Å²) in [5.41, 5.74) is 0.358. The molecule has 4 nitrogen and oxygen atoms in total. The van der Waals surface area contributed by atoms with Gasteiger partial charge in [-0.05, 0) is 26.7 Å². The molecule has 0 aromatic heterocycles. The van der Waals surface area contributed by atoms with Gasteiger partial charge < -0.3 is 10.4 Å². The van der Waals surface area contributed by atoms with Gasteiger partial charge in [-0.3, -0.25) is 4.79 Å². The monoisotopic (exact) mass is 227 g/mol. The first-order valence-electron chi connectivity index (χ1n) is 5.52. The maximum atomic E-state index is 11.7. The molecule has 0 aliphatic rings. The van der Waals surface area contributed by atoms with Gasteiger partial charge in [-0.15, -0.1) is 0 Å². The molecule has 2 N–H and O–H groups in total. The molecule has 4 heteroatoms. The zero-order valence-electron chi connectivity index (χ0n) is 10.6. The molecule has 2 unspecified atom stereocenters. The number of rotatable bonds is 5. The Hall–Kier alpha value is -1.32. The van der Waals surface area contributed by atoms with Crippen LogP contribution < -0.4 is 5.32 Å². The topological polar surface area (TPSA) is 66.4 Å². The van der Waals surface area contributed by atoms with Crippen molar-refractivity contribution < 1.29 is 14.7 Å². The third-order valence-electron chi connectivity index (χ3n) is 3.08. The van der Waals surface area contributed by atoms with Crippen LogP contribution in [0.4, 0.5) is 0 Å². The molecular weight excluding hydrogens is 206 g/mol. The summed E-state index contributed by atoms with van der Waals surface area (Å²) < 4.78 is 0. The third kappa shape index (κ3) is 4.04. The molecule has 0 aliphatic carbocycles. The van der Waals surface area contributed by atoms with Crippen molar-refractivity contribution in [2.45, 2.75) is 47.1 Å². The molecule has 0 fully saturated rings. The average molecular weight is 227 g/mol. The quantitative estimate of drug-likeness (QED) is 0.705. The number of hydrogen-bond donors (Lipinski definition) is 2. The van der Waals surface area contributed by atoms with Gasteiger partial charge in [-0.2, -0.15) is 0 Å². The molecule has 0 radical (unpaired) electrons. The predicted molar refractivity (Wildman–Crippen MR) is 63.1 cm³/mol. The highest BCUT2D eigenvalue weighted by Gasteiger charge is 2.17. The number of aliphatic carboxylic acids is 1. The van der Waals surface area contributed by atoms with Crippen LogP contribution in [0.3, 0.4) is 0 Å². The van der Waals surface area contributed by atoms with E-state index in [0.717, 1.165) is 6.42 Å². The van der Waals surface area contributed by atoms with Gasteiger partial charge >= 0.3 is 5.97 Å². The van der Waals surface area contributed by atoms with Gasteiger partial charge in [0, 0.05) is 17.2 Å². The van der Waals surface area contributed by atoms with Crippen molar-refractivity contribution in [3.63, 3.8) is 0 Å². The molecule has 0 saturated heterocycles. The average Bonchev–Trinajstić information content (AvgIpc) is 2.25. The van der Waals surface area contributed by atoms with Gasteiger partial charge in [0.1, 0.15) is 0 Å². The molecule has 0 rings (SSSR count). The lowest BCUT2D eigenvalue weighted by atomic mass is 10.0. The maximum Gasteiger partial charge on any atom is 0.331 e. The Morgan fingerprint density at radius 3 is 2.06 bits per heavy atom. The van der Waals surface area contributed by atoms with Crippen molar-refractivity contribution in [3.05, 3.63) is 11.1 Å². The van der Waals surface area contributed by atoms with Crippen molar-refractivity contribution in [2.75, 3.05) is 0 Å². The predicted octanol–water partition coefficient (Wildman–Crippen LogP) is 1.96. The summed E-state index contributed by atoms with van der Waals surface area (Å²) in [6, 6.07) is 0.0500. The van der Waals surface area contributed by atoms with Gasteiger partial charge in [0.2, 0.25) is 5.91 Å². The molecule has 0 aromatic rings. The fourth-order valence-corrected chi connectivity index (χ4v) is 1.14. The second kappa shape index (κ2) is 6.30. The Labute approximate surface area is 96.7 Å². The maximum absolute atomic E-state index is 11.7. The van der Waals surface area contributed by atoms with Crippen LogP contribution in [0.1, 0.15) is 41.0 Å². The summed E-state index contributed by atoms with van der Waals surface area (Å²) in [6.45, 7) is 9.00. The Bertz CT molecular complexity index is 307. The Morgan fingerprint density at radius 2 is 1.69 bits per heavy atom. The number of carbonyl (C=O) groups excluding carboxylic acids is 1. The molecule has 0 spiro atoms. The van der Waals surface area contributed by atoms with Crippen molar-refractivity contribution in [2.24, 2.45) is 5.92 Å². The van der Waals surface area contributed by atoms with Gasteiger partial charge in [-0.1, -0.05) is 20.3 Å². The van der Waals surface area contributed by atoms with E-state index in [9.17, 15) is 9.59 Å².